The Bertz CT molecular complexity index is 452. The van der Waals surface area contributed by atoms with Gasteiger partial charge in [-0.25, -0.2) is 0 Å². The summed E-state index contributed by atoms with van der Waals surface area (Å²) in [4.78, 5) is 11.2. The second kappa shape index (κ2) is 8.89. The molecule has 21 heavy (non-hydrogen) atoms. The normalized spacial score (nSPS) is 12.4. The lowest BCUT2D eigenvalue weighted by Crippen LogP contribution is -2.27. The Kier molecular flexibility index (Phi) is 8.36. The molecule has 1 aromatic carbocycles. The Morgan fingerprint density at radius 2 is 2.05 bits per heavy atom. The Labute approximate surface area is 128 Å². The van der Waals surface area contributed by atoms with Gasteiger partial charge in [-0.3, -0.25) is 4.79 Å². The van der Waals surface area contributed by atoms with Crippen LogP contribution in [0.1, 0.15) is 36.8 Å². The molecule has 0 spiro atoms. The van der Waals surface area contributed by atoms with Crippen molar-refractivity contribution in [1.29, 1.82) is 0 Å². The number of carbonyl (C=O) groups excluding carboxylic acids is 1. The van der Waals surface area contributed by atoms with E-state index in [1.807, 2.05) is 6.92 Å². The highest BCUT2D eigenvalue weighted by molar-refractivity contribution is 5.85. The maximum absolute atomic E-state index is 12.6. The molecule has 0 aliphatic rings. The first-order valence-corrected chi connectivity index (χ1v) is 6.48. The molecule has 120 valence electrons. The van der Waals surface area contributed by atoms with E-state index in [-0.39, 0.29) is 37.2 Å². The van der Waals surface area contributed by atoms with Gasteiger partial charge in [-0.15, -0.1) is 12.4 Å². The van der Waals surface area contributed by atoms with Crippen LogP contribution < -0.4 is 11.1 Å². The molecule has 0 radical (unpaired) electrons. The van der Waals surface area contributed by atoms with Crippen molar-refractivity contribution in [2.75, 3.05) is 13.1 Å². The summed E-state index contributed by atoms with van der Waals surface area (Å²) in [6, 6.07) is 5.29. The van der Waals surface area contributed by atoms with Gasteiger partial charge in [0.15, 0.2) is 0 Å². The molecule has 7 heteroatoms. The third-order valence-electron chi connectivity index (χ3n) is 3.05. The van der Waals surface area contributed by atoms with E-state index in [1.54, 1.807) is 6.07 Å². The van der Waals surface area contributed by atoms with E-state index < -0.39 is 11.7 Å². The fraction of sp³-hybridized carbons (Fsp3) is 0.500. The molecular weight excluding hydrogens is 305 g/mol. The highest BCUT2D eigenvalue weighted by Crippen LogP contribution is 2.31. The second-order valence-electron chi connectivity index (χ2n) is 4.70. The highest BCUT2D eigenvalue weighted by atomic mass is 35.5. The van der Waals surface area contributed by atoms with Crippen LogP contribution in [0.3, 0.4) is 0 Å². The maximum atomic E-state index is 12.6. The van der Waals surface area contributed by atoms with Gasteiger partial charge in [0, 0.05) is 19.5 Å². The molecule has 0 aliphatic carbocycles. The van der Waals surface area contributed by atoms with Crippen molar-refractivity contribution in [3.05, 3.63) is 35.4 Å². The number of rotatable bonds is 6. The van der Waals surface area contributed by atoms with E-state index in [9.17, 15) is 18.0 Å². The minimum atomic E-state index is -4.33. The van der Waals surface area contributed by atoms with E-state index >= 15 is 0 Å². The highest BCUT2D eigenvalue weighted by Gasteiger charge is 2.30. The van der Waals surface area contributed by atoms with E-state index in [4.69, 9.17) is 5.73 Å². The van der Waals surface area contributed by atoms with Gasteiger partial charge in [0.25, 0.3) is 0 Å². The summed E-state index contributed by atoms with van der Waals surface area (Å²) in [6.07, 6.45) is -3.49. The van der Waals surface area contributed by atoms with E-state index in [1.165, 1.54) is 6.07 Å². The number of nitrogens with two attached hydrogens (primary N) is 1. The summed E-state index contributed by atoms with van der Waals surface area (Å²) in [5.41, 5.74) is 5.22. The number of carbonyl (C=O) groups is 1. The molecule has 0 bridgehead atoms. The lowest BCUT2D eigenvalue weighted by atomic mass is 9.96. The molecule has 1 aromatic rings. The molecule has 0 aliphatic heterocycles. The second-order valence-corrected chi connectivity index (χ2v) is 4.70. The SMILES string of the molecule is CC(CCNC(=O)CCN)c1cccc(C(F)(F)F)c1.Cl. The third-order valence-corrected chi connectivity index (χ3v) is 3.05. The molecule has 1 atom stereocenters. The Balaban J connectivity index is 0.00000400. The zero-order chi connectivity index (χ0) is 15.2. The molecule has 0 heterocycles. The summed E-state index contributed by atoms with van der Waals surface area (Å²) in [5, 5.41) is 2.69. The molecule has 0 aromatic heterocycles. The summed E-state index contributed by atoms with van der Waals surface area (Å²) in [6.45, 7) is 2.55. The van der Waals surface area contributed by atoms with Crippen LogP contribution in [0, 0.1) is 0 Å². The van der Waals surface area contributed by atoms with Crippen molar-refractivity contribution in [3.63, 3.8) is 0 Å². The van der Waals surface area contributed by atoms with E-state index in [2.05, 4.69) is 5.32 Å². The van der Waals surface area contributed by atoms with Gasteiger partial charge in [-0.05, 0) is 24.0 Å². The van der Waals surface area contributed by atoms with E-state index in [0.717, 1.165) is 12.1 Å². The van der Waals surface area contributed by atoms with Crippen LogP contribution in [0.15, 0.2) is 24.3 Å². The largest absolute Gasteiger partial charge is 0.416 e. The monoisotopic (exact) mass is 324 g/mol. The molecule has 1 rings (SSSR count). The van der Waals surface area contributed by atoms with Crippen LogP contribution in [0.5, 0.6) is 0 Å². The fourth-order valence-electron chi connectivity index (χ4n) is 1.84. The van der Waals surface area contributed by atoms with Gasteiger partial charge in [0.05, 0.1) is 5.56 Å². The maximum Gasteiger partial charge on any atom is 0.416 e. The van der Waals surface area contributed by atoms with Crippen LogP contribution >= 0.6 is 12.4 Å². The number of alkyl halides is 3. The summed E-state index contributed by atoms with van der Waals surface area (Å²) >= 11 is 0. The van der Waals surface area contributed by atoms with Crippen molar-refractivity contribution in [1.82, 2.24) is 5.32 Å². The molecule has 3 nitrogen and oxygen atoms in total. The summed E-state index contributed by atoms with van der Waals surface area (Å²) < 4.78 is 37.8. The molecule has 1 unspecified atom stereocenters. The van der Waals surface area contributed by atoms with Crippen LogP contribution in [0.2, 0.25) is 0 Å². The summed E-state index contributed by atoms with van der Waals surface area (Å²) in [7, 11) is 0. The minimum absolute atomic E-state index is 0. The zero-order valence-electron chi connectivity index (χ0n) is 11.7. The lowest BCUT2D eigenvalue weighted by molar-refractivity contribution is -0.137. The number of amides is 1. The van der Waals surface area contributed by atoms with Crippen molar-refractivity contribution >= 4 is 18.3 Å². The molecule has 0 saturated carbocycles. The Morgan fingerprint density at radius 1 is 1.38 bits per heavy atom. The lowest BCUT2D eigenvalue weighted by Gasteiger charge is -2.15. The first-order valence-electron chi connectivity index (χ1n) is 6.48. The number of halogens is 4. The third kappa shape index (κ3) is 6.82. The predicted octanol–water partition coefficient (Wildman–Crippen LogP) is 3.09. The topological polar surface area (TPSA) is 55.1 Å². The first kappa shape index (κ1) is 19.7. The Morgan fingerprint density at radius 3 is 2.62 bits per heavy atom. The van der Waals surface area contributed by atoms with Gasteiger partial charge < -0.3 is 11.1 Å². The van der Waals surface area contributed by atoms with Crippen LogP contribution in [-0.4, -0.2) is 19.0 Å². The van der Waals surface area contributed by atoms with Crippen molar-refractivity contribution in [3.8, 4) is 0 Å². The number of benzene rings is 1. The Hall–Kier alpha value is -1.27. The minimum Gasteiger partial charge on any atom is -0.356 e. The zero-order valence-corrected chi connectivity index (χ0v) is 12.6. The van der Waals surface area contributed by atoms with Crippen molar-refractivity contribution < 1.29 is 18.0 Å². The number of nitrogens with one attached hydrogen (secondary N) is 1. The van der Waals surface area contributed by atoms with Crippen LogP contribution in [0.4, 0.5) is 13.2 Å². The van der Waals surface area contributed by atoms with Gasteiger partial charge in [-0.1, -0.05) is 25.1 Å². The molecule has 3 N–H and O–H groups in total. The standard InChI is InChI=1S/C14H19F3N2O.ClH/c1-10(6-8-19-13(20)5-7-18)11-3-2-4-12(9-11)14(15,16)17;/h2-4,9-10H,5-8,18H2,1H3,(H,19,20);1H. The molecule has 0 saturated heterocycles. The van der Waals surface area contributed by atoms with E-state index in [0.29, 0.717) is 18.5 Å². The quantitative estimate of drug-likeness (QED) is 0.845. The van der Waals surface area contributed by atoms with Crippen LogP contribution in [0.25, 0.3) is 0 Å². The van der Waals surface area contributed by atoms with Crippen molar-refractivity contribution in [2.45, 2.75) is 31.9 Å². The first-order chi connectivity index (χ1) is 9.34. The number of hydrogen-bond acceptors (Lipinski definition) is 2. The fourth-order valence-corrected chi connectivity index (χ4v) is 1.84. The van der Waals surface area contributed by atoms with Gasteiger partial charge >= 0.3 is 6.18 Å². The molecule has 0 fully saturated rings. The van der Waals surface area contributed by atoms with Gasteiger partial charge in [0.2, 0.25) is 5.91 Å². The van der Waals surface area contributed by atoms with Crippen LogP contribution in [-0.2, 0) is 11.0 Å². The average Bonchev–Trinajstić information content (AvgIpc) is 2.38. The molecular formula is C14H20ClF3N2O. The van der Waals surface area contributed by atoms with Gasteiger partial charge in [0.1, 0.15) is 0 Å². The summed E-state index contributed by atoms with van der Waals surface area (Å²) in [5.74, 6) is -0.195. The smallest absolute Gasteiger partial charge is 0.356 e. The number of hydrogen-bond donors (Lipinski definition) is 2. The van der Waals surface area contributed by atoms with Gasteiger partial charge in [-0.2, -0.15) is 13.2 Å². The average molecular weight is 325 g/mol. The van der Waals surface area contributed by atoms with Crippen molar-refractivity contribution in [2.24, 2.45) is 5.73 Å². The molecule has 1 amide bonds. The predicted molar refractivity (Wildman–Crippen MR) is 78.4 cm³/mol.